The molecule has 1 rings (SSSR count). The average molecular weight is 413 g/mol. The lowest BCUT2D eigenvalue weighted by Crippen LogP contribution is -2.46. The van der Waals surface area contributed by atoms with Crippen LogP contribution in [-0.2, 0) is 0 Å². The topological polar surface area (TPSA) is 0 Å². The molecule has 0 saturated carbocycles. The van der Waals surface area contributed by atoms with E-state index in [1.54, 1.807) is 5.19 Å². The summed E-state index contributed by atoms with van der Waals surface area (Å²) in [6.45, 7) is 6.90. The molecular formula is C28H48Si. The lowest BCUT2D eigenvalue weighted by Gasteiger charge is -2.31. The van der Waals surface area contributed by atoms with E-state index in [2.05, 4.69) is 75.4 Å². The first-order valence-corrected chi connectivity index (χ1v) is 15.3. The van der Waals surface area contributed by atoms with Crippen molar-refractivity contribution in [2.75, 3.05) is 0 Å². The maximum Gasteiger partial charge on any atom is 0.0940 e. The van der Waals surface area contributed by atoms with Gasteiger partial charge in [0.2, 0.25) is 0 Å². The van der Waals surface area contributed by atoms with Crippen molar-refractivity contribution in [3.8, 4) is 0 Å². The highest BCUT2D eigenvalue weighted by Gasteiger charge is 2.31. The van der Waals surface area contributed by atoms with Gasteiger partial charge in [0.25, 0.3) is 0 Å². The lowest BCUT2D eigenvalue weighted by molar-refractivity contribution is 0.696. The molecule has 0 aliphatic rings. The third-order valence-electron chi connectivity index (χ3n) is 6.19. The maximum absolute atomic E-state index is 2.56. The normalized spacial score (nSPS) is 12.4. The number of unbranched alkanes of at least 4 members (excludes halogenated alkanes) is 9. The molecule has 0 N–H and O–H groups in total. The molecule has 0 spiro atoms. The zero-order valence-corrected chi connectivity index (χ0v) is 20.8. The second-order valence-corrected chi connectivity index (χ2v) is 13.3. The van der Waals surface area contributed by atoms with E-state index in [0.29, 0.717) is 0 Å². The summed E-state index contributed by atoms with van der Waals surface area (Å²) in [7, 11) is -1.53. The highest BCUT2D eigenvalue weighted by molar-refractivity contribution is 6.92. The Kier molecular flexibility index (Phi) is 15.9. The highest BCUT2D eigenvalue weighted by Crippen LogP contribution is 2.26. The predicted molar refractivity (Wildman–Crippen MR) is 137 cm³/mol. The Hall–Kier alpha value is -1.08. The molecule has 0 fully saturated rings. The molecule has 0 saturated heterocycles. The van der Waals surface area contributed by atoms with E-state index >= 15 is 0 Å². The summed E-state index contributed by atoms with van der Waals surface area (Å²) in [5, 5.41) is 1.67. The van der Waals surface area contributed by atoms with Crippen molar-refractivity contribution in [3.63, 3.8) is 0 Å². The summed E-state index contributed by atoms with van der Waals surface area (Å²) in [5.74, 6) is 0. The van der Waals surface area contributed by atoms with Crippen LogP contribution in [0.15, 0.2) is 54.6 Å². The molecule has 0 aliphatic heterocycles. The van der Waals surface area contributed by atoms with Crippen molar-refractivity contribution < 1.29 is 0 Å². The predicted octanol–water partition coefficient (Wildman–Crippen LogP) is 9.20. The van der Waals surface area contributed by atoms with Crippen molar-refractivity contribution in [2.45, 2.75) is 116 Å². The molecule has 164 valence electrons. The van der Waals surface area contributed by atoms with E-state index in [1.807, 2.05) is 0 Å². The minimum Gasteiger partial charge on any atom is -0.0909 e. The van der Waals surface area contributed by atoms with Gasteiger partial charge in [-0.15, -0.1) is 0 Å². The fraction of sp³-hybridized carbons (Fsp3) is 0.643. The summed E-state index contributed by atoms with van der Waals surface area (Å²) in [4.78, 5) is 0. The van der Waals surface area contributed by atoms with Gasteiger partial charge in [-0.3, -0.25) is 0 Å². The van der Waals surface area contributed by atoms with Gasteiger partial charge in [0.05, 0.1) is 8.07 Å². The molecule has 1 aromatic rings. The molecule has 1 aromatic carbocycles. The monoisotopic (exact) mass is 412 g/mol. The van der Waals surface area contributed by atoms with E-state index in [9.17, 15) is 0 Å². The fourth-order valence-electron chi connectivity index (χ4n) is 4.23. The second kappa shape index (κ2) is 17.7. The van der Waals surface area contributed by atoms with Gasteiger partial charge in [0.15, 0.2) is 0 Å². The van der Waals surface area contributed by atoms with E-state index in [1.165, 1.54) is 95.2 Å². The van der Waals surface area contributed by atoms with E-state index in [4.69, 9.17) is 0 Å². The first kappa shape index (κ1) is 26.0. The summed E-state index contributed by atoms with van der Waals surface area (Å²) < 4.78 is 0. The Labute approximate surface area is 183 Å². The van der Waals surface area contributed by atoms with E-state index in [0.717, 1.165) is 0 Å². The fourth-order valence-corrected chi connectivity index (χ4v) is 8.62. The van der Waals surface area contributed by atoms with Gasteiger partial charge in [-0.25, -0.2) is 0 Å². The molecule has 0 aliphatic carbocycles. The Morgan fingerprint density at radius 3 is 1.62 bits per heavy atom. The number of hydrogen-bond acceptors (Lipinski definition) is 0. The summed E-state index contributed by atoms with van der Waals surface area (Å²) >= 11 is 0. The molecule has 0 amide bonds. The van der Waals surface area contributed by atoms with Crippen molar-refractivity contribution in [1.82, 2.24) is 0 Å². The van der Waals surface area contributed by atoms with Crippen LogP contribution in [0.1, 0.15) is 97.8 Å². The van der Waals surface area contributed by atoms with Crippen LogP contribution in [0, 0.1) is 0 Å². The third kappa shape index (κ3) is 11.6. The molecule has 1 heteroatoms. The molecule has 0 nitrogen and oxygen atoms in total. The first-order chi connectivity index (χ1) is 14.3. The number of hydrogen-bond donors (Lipinski definition) is 0. The standard InChI is InChI=1S/C28H48Si/c1-4-7-10-13-15-21-26-29(25-20-12-9-6-3,28-23-18-17-19-24-28)27-22-16-14-11-8-5-2/h15-19,21-24H,4-14,20,25-27H2,1-3H3/b21-15+,22-16+. The SMILES string of the molecule is CCCCC/C=C/C[Si](C/C=C/CCCCC)(CCCCCC)c1ccccc1. The van der Waals surface area contributed by atoms with Crippen LogP contribution in [0.5, 0.6) is 0 Å². The Balaban J connectivity index is 2.88. The van der Waals surface area contributed by atoms with E-state index in [-0.39, 0.29) is 0 Å². The first-order valence-electron chi connectivity index (χ1n) is 12.6. The van der Waals surface area contributed by atoms with Crippen LogP contribution in [0.2, 0.25) is 18.1 Å². The van der Waals surface area contributed by atoms with Crippen molar-refractivity contribution >= 4 is 13.3 Å². The molecule has 0 unspecified atom stereocenters. The molecule has 0 atom stereocenters. The van der Waals surface area contributed by atoms with Gasteiger partial charge in [0.1, 0.15) is 0 Å². The van der Waals surface area contributed by atoms with Gasteiger partial charge in [-0.05, 0) is 37.8 Å². The van der Waals surface area contributed by atoms with Crippen LogP contribution in [0.25, 0.3) is 0 Å². The van der Waals surface area contributed by atoms with Crippen LogP contribution in [0.3, 0.4) is 0 Å². The summed E-state index contributed by atoms with van der Waals surface area (Å²) in [6.07, 6.45) is 26.2. The summed E-state index contributed by atoms with van der Waals surface area (Å²) in [5.41, 5.74) is 0. The Morgan fingerprint density at radius 1 is 0.586 bits per heavy atom. The highest BCUT2D eigenvalue weighted by atomic mass is 28.3. The van der Waals surface area contributed by atoms with Crippen LogP contribution < -0.4 is 5.19 Å². The van der Waals surface area contributed by atoms with Crippen molar-refractivity contribution in [2.24, 2.45) is 0 Å². The molecule has 0 heterocycles. The number of rotatable bonds is 18. The Bertz CT molecular complexity index is 507. The molecule has 29 heavy (non-hydrogen) atoms. The minimum atomic E-state index is -1.53. The van der Waals surface area contributed by atoms with Crippen LogP contribution in [0.4, 0.5) is 0 Å². The minimum absolute atomic E-state index is 1.26. The smallest absolute Gasteiger partial charge is 0.0909 e. The lowest BCUT2D eigenvalue weighted by atomic mass is 10.2. The van der Waals surface area contributed by atoms with Gasteiger partial charge >= 0.3 is 0 Å². The quantitative estimate of drug-likeness (QED) is 0.128. The van der Waals surface area contributed by atoms with Crippen LogP contribution >= 0.6 is 0 Å². The molecule has 0 bridgehead atoms. The van der Waals surface area contributed by atoms with E-state index < -0.39 is 8.07 Å². The largest absolute Gasteiger partial charge is 0.0940 e. The van der Waals surface area contributed by atoms with Gasteiger partial charge in [-0.1, -0.05) is 138 Å². The number of allylic oxidation sites excluding steroid dienone is 4. The zero-order chi connectivity index (χ0) is 21.0. The molecule has 0 radical (unpaired) electrons. The van der Waals surface area contributed by atoms with Crippen LogP contribution in [-0.4, -0.2) is 8.07 Å². The van der Waals surface area contributed by atoms with Gasteiger partial charge < -0.3 is 0 Å². The van der Waals surface area contributed by atoms with Gasteiger partial charge in [0, 0.05) is 0 Å². The Morgan fingerprint density at radius 2 is 1.10 bits per heavy atom. The maximum atomic E-state index is 2.56. The molecular weight excluding hydrogens is 364 g/mol. The number of benzene rings is 1. The third-order valence-corrected chi connectivity index (χ3v) is 11.1. The zero-order valence-electron chi connectivity index (χ0n) is 19.8. The van der Waals surface area contributed by atoms with Crippen molar-refractivity contribution in [3.05, 3.63) is 54.6 Å². The van der Waals surface area contributed by atoms with Crippen molar-refractivity contribution in [1.29, 1.82) is 0 Å². The molecule has 0 aromatic heterocycles. The second-order valence-electron chi connectivity index (χ2n) is 8.80. The average Bonchev–Trinajstić information content (AvgIpc) is 2.76. The van der Waals surface area contributed by atoms with Gasteiger partial charge in [-0.2, -0.15) is 0 Å². The summed E-state index contributed by atoms with van der Waals surface area (Å²) in [6, 6.07) is 15.6.